The first-order valence-electron chi connectivity index (χ1n) is 5.29. The van der Waals surface area contributed by atoms with Gasteiger partial charge in [-0.1, -0.05) is 29.7 Å². The predicted octanol–water partition coefficient (Wildman–Crippen LogP) is 2.42. The average molecular weight is 262 g/mol. The molecule has 0 fully saturated rings. The van der Waals surface area contributed by atoms with Crippen molar-refractivity contribution >= 4 is 11.8 Å². The summed E-state index contributed by atoms with van der Waals surface area (Å²) in [6.45, 7) is 0.267. The molecule has 1 aromatic carbocycles. The number of nitrogens with two attached hydrogens (primary N) is 1. The summed E-state index contributed by atoms with van der Waals surface area (Å²) in [5, 5.41) is 0.529. The molecule has 0 spiro atoms. The van der Waals surface area contributed by atoms with Gasteiger partial charge in [-0.25, -0.2) is 9.37 Å². The zero-order chi connectivity index (χ0) is 12.8. The molecule has 0 bridgehead atoms. The van der Waals surface area contributed by atoms with Gasteiger partial charge in [0.2, 0.25) is 0 Å². The molecule has 2 N–H and O–H groups in total. The number of benzene rings is 1. The van der Waals surface area contributed by atoms with Gasteiger partial charge in [-0.3, -0.25) is 0 Å². The largest absolute Gasteiger partial charge is 0.440 e. The second-order valence-electron chi connectivity index (χ2n) is 3.40. The lowest BCUT2D eigenvalue weighted by Gasteiger charge is -2.01. The summed E-state index contributed by atoms with van der Waals surface area (Å²) in [7, 11) is 0. The van der Waals surface area contributed by atoms with Crippen molar-refractivity contribution in [2.45, 2.75) is 11.0 Å². The van der Waals surface area contributed by atoms with Crippen LogP contribution in [0, 0.1) is 17.7 Å². The Kier molecular flexibility index (Phi) is 4.40. The van der Waals surface area contributed by atoms with E-state index in [1.54, 1.807) is 18.3 Å². The van der Waals surface area contributed by atoms with Gasteiger partial charge in [-0.2, -0.15) is 0 Å². The molecule has 0 amide bonds. The van der Waals surface area contributed by atoms with Crippen LogP contribution in [0.15, 0.2) is 40.3 Å². The fraction of sp³-hybridized carbons (Fsp3) is 0.154. The van der Waals surface area contributed by atoms with Crippen LogP contribution in [0.4, 0.5) is 4.39 Å². The van der Waals surface area contributed by atoms with Gasteiger partial charge in [-0.05, 0) is 17.7 Å². The number of rotatable bonds is 3. The SMILES string of the molecule is NCC#Cc1ccc(CSc2ncco2)c(F)c1. The van der Waals surface area contributed by atoms with Crippen LogP contribution < -0.4 is 5.73 Å². The Morgan fingerprint density at radius 2 is 2.33 bits per heavy atom. The molecule has 0 aliphatic heterocycles. The molecule has 5 heteroatoms. The maximum absolute atomic E-state index is 13.7. The van der Waals surface area contributed by atoms with E-state index in [1.807, 2.05) is 0 Å². The van der Waals surface area contributed by atoms with Crippen LogP contribution in [0.5, 0.6) is 0 Å². The van der Waals surface area contributed by atoms with E-state index in [0.29, 0.717) is 22.1 Å². The highest BCUT2D eigenvalue weighted by Crippen LogP contribution is 2.22. The second-order valence-corrected chi connectivity index (χ2v) is 4.33. The Bertz CT molecular complexity index is 572. The minimum absolute atomic E-state index is 0.267. The Balaban J connectivity index is 2.05. The number of halogens is 1. The van der Waals surface area contributed by atoms with Crippen molar-refractivity contribution in [3.63, 3.8) is 0 Å². The quantitative estimate of drug-likeness (QED) is 0.681. The number of aromatic nitrogens is 1. The molecule has 0 radical (unpaired) electrons. The molecule has 0 saturated heterocycles. The molecule has 0 aliphatic rings. The van der Waals surface area contributed by atoms with Crippen molar-refractivity contribution in [2.75, 3.05) is 6.54 Å². The molecule has 0 saturated carbocycles. The Morgan fingerprint density at radius 1 is 1.44 bits per heavy atom. The van der Waals surface area contributed by atoms with Crippen LogP contribution >= 0.6 is 11.8 Å². The first-order valence-corrected chi connectivity index (χ1v) is 6.28. The van der Waals surface area contributed by atoms with Crippen LogP contribution in [-0.4, -0.2) is 11.5 Å². The zero-order valence-electron chi connectivity index (χ0n) is 9.52. The van der Waals surface area contributed by atoms with Gasteiger partial charge in [0, 0.05) is 11.3 Å². The van der Waals surface area contributed by atoms with Crippen LogP contribution in [0.2, 0.25) is 0 Å². The monoisotopic (exact) mass is 262 g/mol. The number of hydrogen-bond donors (Lipinski definition) is 1. The molecule has 18 heavy (non-hydrogen) atoms. The summed E-state index contributed by atoms with van der Waals surface area (Å²) >= 11 is 1.34. The van der Waals surface area contributed by atoms with E-state index in [0.717, 1.165) is 0 Å². The molecular formula is C13H11FN2OS. The Hall–Kier alpha value is -1.77. The first kappa shape index (κ1) is 12.7. The molecule has 2 aromatic rings. The zero-order valence-corrected chi connectivity index (χ0v) is 10.3. The highest BCUT2D eigenvalue weighted by molar-refractivity contribution is 7.98. The number of hydrogen-bond acceptors (Lipinski definition) is 4. The van der Waals surface area contributed by atoms with Gasteiger partial charge in [0.05, 0.1) is 12.7 Å². The van der Waals surface area contributed by atoms with Gasteiger partial charge in [0.1, 0.15) is 12.1 Å². The highest BCUT2D eigenvalue weighted by Gasteiger charge is 2.05. The summed E-state index contributed by atoms with van der Waals surface area (Å²) in [6, 6.07) is 4.90. The summed E-state index contributed by atoms with van der Waals surface area (Å²) in [6.07, 6.45) is 3.05. The third-order valence-corrected chi connectivity index (χ3v) is 3.05. The summed E-state index contributed by atoms with van der Waals surface area (Å²) in [5.74, 6) is 5.67. The number of nitrogens with zero attached hydrogens (tertiary/aromatic N) is 1. The van der Waals surface area contributed by atoms with Crippen molar-refractivity contribution in [1.82, 2.24) is 4.98 Å². The molecule has 0 aliphatic carbocycles. The van der Waals surface area contributed by atoms with Gasteiger partial charge < -0.3 is 10.2 Å². The fourth-order valence-electron chi connectivity index (χ4n) is 1.32. The molecule has 92 valence electrons. The minimum Gasteiger partial charge on any atom is -0.440 e. The van der Waals surface area contributed by atoms with E-state index in [9.17, 15) is 4.39 Å². The summed E-state index contributed by atoms with van der Waals surface area (Å²) in [4.78, 5) is 3.96. The van der Waals surface area contributed by atoms with Crippen molar-refractivity contribution in [3.05, 3.63) is 47.6 Å². The predicted molar refractivity (Wildman–Crippen MR) is 68.4 cm³/mol. The normalized spacial score (nSPS) is 9.89. The first-order chi connectivity index (χ1) is 8.79. The van der Waals surface area contributed by atoms with Gasteiger partial charge in [-0.15, -0.1) is 0 Å². The van der Waals surface area contributed by atoms with Crippen molar-refractivity contribution in [2.24, 2.45) is 5.73 Å². The molecular weight excluding hydrogens is 251 g/mol. The molecule has 0 unspecified atom stereocenters. The Morgan fingerprint density at radius 3 is 3.00 bits per heavy atom. The maximum atomic E-state index is 13.7. The molecule has 0 atom stereocenters. The van der Waals surface area contributed by atoms with E-state index in [1.165, 1.54) is 24.1 Å². The maximum Gasteiger partial charge on any atom is 0.255 e. The van der Waals surface area contributed by atoms with E-state index < -0.39 is 0 Å². The third kappa shape index (κ3) is 3.36. The topological polar surface area (TPSA) is 52.0 Å². The van der Waals surface area contributed by atoms with Crippen molar-refractivity contribution < 1.29 is 8.81 Å². The van der Waals surface area contributed by atoms with E-state index in [-0.39, 0.29) is 12.4 Å². The molecule has 1 aromatic heterocycles. The van der Waals surface area contributed by atoms with Gasteiger partial charge in [0.25, 0.3) is 5.22 Å². The van der Waals surface area contributed by atoms with Crippen LogP contribution in [0.3, 0.4) is 0 Å². The molecule has 1 heterocycles. The van der Waals surface area contributed by atoms with Crippen molar-refractivity contribution in [1.29, 1.82) is 0 Å². The summed E-state index contributed by atoms with van der Waals surface area (Å²) < 4.78 is 18.8. The van der Waals surface area contributed by atoms with E-state index in [4.69, 9.17) is 10.2 Å². The highest BCUT2D eigenvalue weighted by atomic mass is 32.2. The number of thioether (sulfide) groups is 1. The van der Waals surface area contributed by atoms with Crippen LogP contribution in [0.1, 0.15) is 11.1 Å². The number of oxazole rings is 1. The molecule has 3 nitrogen and oxygen atoms in total. The van der Waals surface area contributed by atoms with E-state index >= 15 is 0 Å². The fourth-order valence-corrected chi connectivity index (χ4v) is 2.09. The lowest BCUT2D eigenvalue weighted by Crippen LogP contribution is -1.93. The van der Waals surface area contributed by atoms with Crippen LogP contribution in [0.25, 0.3) is 0 Å². The lowest BCUT2D eigenvalue weighted by atomic mass is 10.1. The third-order valence-electron chi connectivity index (χ3n) is 2.15. The van der Waals surface area contributed by atoms with E-state index in [2.05, 4.69) is 16.8 Å². The molecule has 2 rings (SSSR count). The standard InChI is InChI=1S/C13H11FN2OS/c14-12-8-10(2-1-5-15)3-4-11(12)9-18-13-16-6-7-17-13/h3-4,6-8H,5,9,15H2. The summed E-state index contributed by atoms with van der Waals surface area (Å²) in [5.41, 5.74) is 6.48. The van der Waals surface area contributed by atoms with Gasteiger partial charge >= 0.3 is 0 Å². The lowest BCUT2D eigenvalue weighted by molar-refractivity contribution is 0.454. The second kappa shape index (κ2) is 6.24. The van der Waals surface area contributed by atoms with Crippen LogP contribution in [-0.2, 0) is 5.75 Å². The Labute approximate surface area is 109 Å². The minimum atomic E-state index is -0.280. The van der Waals surface area contributed by atoms with Crippen molar-refractivity contribution in [3.8, 4) is 11.8 Å². The average Bonchev–Trinajstić information content (AvgIpc) is 2.88. The smallest absolute Gasteiger partial charge is 0.255 e. The van der Waals surface area contributed by atoms with Gasteiger partial charge in [0.15, 0.2) is 0 Å².